The molecule has 2 N–H and O–H groups in total. The molecular formula is C17H19ClN4O4S. The molecule has 0 unspecified atom stereocenters. The predicted octanol–water partition coefficient (Wildman–Crippen LogP) is 3.16. The van der Waals surface area contributed by atoms with Crippen LogP contribution in [-0.2, 0) is 11.4 Å². The second kappa shape index (κ2) is 9.61. The van der Waals surface area contributed by atoms with Crippen LogP contribution in [0, 0.1) is 0 Å². The number of carbonyl (C=O) groups excluding carboxylic acids is 2. The zero-order valence-corrected chi connectivity index (χ0v) is 16.0. The average molecular weight is 411 g/mol. The standard InChI is InChI=1S/C17H19ClN4O4S/c18-11-5-7-13(8-6-11)25-9-15-21-22-17(26-15)27-10-14(23)20-16(24)19-12-3-1-2-4-12/h5-8,12H,1-4,9-10H2,(H2,19,20,23,24). The molecule has 0 aliphatic heterocycles. The highest BCUT2D eigenvalue weighted by Crippen LogP contribution is 2.19. The minimum atomic E-state index is -0.463. The molecule has 1 fully saturated rings. The van der Waals surface area contributed by atoms with Crippen molar-refractivity contribution in [1.82, 2.24) is 20.8 Å². The Morgan fingerprint density at radius 1 is 1.22 bits per heavy atom. The van der Waals surface area contributed by atoms with Crippen LogP contribution < -0.4 is 15.4 Å². The van der Waals surface area contributed by atoms with Crippen molar-refractivity contribution in [2.45, 2.75) is 43.6 Å². The Morgan fingerprint density at radius 3 is 2.70 bits per heavy atom. The van der Waals surface area contributed by atoms with Gasteiger partial charge in [-0.05, 0) is 37.1 Å². The molecule has 1 aromatic heterocycles. The van der Waals surface area contributed by atoms with E-state index in [2.05, 4.69) is 20.8 Å². The number of amides is 3. The van der Waals surface area contributed by atoms with Crippen molar-refractivity contribution in [3.63, 3.8) is 0 Å². The van der Waals surface area contributed by atoms with E-state index in [0.717, 1.165) is 37.4 Å². The van der Waals surface area contributed by atoms with Crippen molar-refractivity contribution in [2.75, 3.05) is 5.75 Å². The SMILES string of the molecule is O=C(CSc1nnc(COc2ccc(Cl)cc2)o1)NC(=O)NC1CCCC1. The number of urea groups is 1. The van der Waals surface area contributed by atoms with Crippen molar-refractivity contribution < 1.29 is 18.7 Å². The summed E-state index contributed by atoms with van der Waals surface area (Å²) in [5.41, 5.74) is 0. The number of ether oxygens (including phenoxy) is 1. The molecule has 0 saturated heterocycles. The normalized spacial score (nSPS) is 14.1. The Labute approximate surface area is 165 Å². The van der Waals surface area contributed by atoms with Gasteiger partial charge in [0.05, 0.1) is 5.75 Å². The lowest BCUT2D eigenvalue weighted by molar-refractivity contribution is -0.117. The number of rotatable bonds is 7. The van der Waals surface area contributed by atoms with Crippen LogP contribution in [0.5, 0.6) is 5.75 Å². The van der Waals surface area contributed by atoms with Gasteiger partial charge in [-0.3, -0.25) is 10.1 Å². The molecular weight excluding hydrogens is 392 g/mol. The maximum absolute atomic E-state index is 11.8. The fourth-order valence-corrected chi connectivity index (χ4v) is 3.32. The third-order valence-corrected chi connectivity index (χ3v) is 4.96. The number of nitrogens with zero attached hydrogens (tertiary/aromatic N) is 2. The highest BCUT2D eigenvalue weighted by molar-refractivity contribution is 7.99. The summed E-state index contributed by atoms with van der Waals surface area (Å²) < 4.78 is 10.9. The van der Waals surface area contributed by atoms with Gasteiger partial charge in [-0.1, -0.05) is 36.2 Å². The van der Waals surface area contributed by atoms with Crippen LogP contribution in [-0.4, -0.2) is 33.9 Å². The van der Waals surface area contributed by atoms with Gasteiger partial charge < -0.3 is 14.5 Å². The van der Waals surface area contributed by atoms with Crippen molar-refractivity contribution >= 4 is 35.3 Å². The van der Waals surface area contributed by atoms with E-state index in [1.807, 2.05) is 0 Å². The summed E-state index contributed by atoms with van der Waals surface area (Å²) in [5.74, 6) is 0.483. The number of halogens is 1. The summed E-state index contributed by atoms with van der Waals surface area (Å²) in [7, 11) is 0. The second-order valence-electron chi connectivity index (χ2n) is 6.00. The molecule has 1 saturated carbocycles. The first-order valence-corrected chi connectivity index (χ1v) is 9.89. The Kier molecular flexibility index (Phi) is 6.94. The van der Waals surface area contributed by atoms with Gasteiger partial charge in [0, 0.05) is 11.1 Å². The number of hydrogen-bond acceptors (Lipinski definition) is 7. The lowest BCUT2D eigenvalue weighted by Gasteiger charge is -2.11. The number of carbonyl (C=O) groups is 2. The molecule has 1 aliphatic carbocycles. The molecule has 1 aliphatic rings. The lowest BCUT2D eigenvalue weighted by Crippen LogP contribution is -2.44. The number of thioether (sulfide) groups is 1. The van der Waals surface area contributed by atoms with Gasteiger partial charge in [0.25, 0.3) is 11.1 Å². The van der Waals surface area contributed by atoms with Gasteiger partial charge in [0.15, 0.2) is 6.61 Å². The Balaban J connectivity index is 1.37. The fourth-order valence-electron chi connectivity index (χ4n) is 2.61. The van der Waals surface area contributed by atoms with Gasteiger partial charge in [0.2, 0.25) is 5.91 Å². The lowest BCUT2D eigenvalue weighted by atomic mass is 10.2. The monoisotopic (exact) mass is 410 g/mol. The van der Waals surface area contributed by atoms with Gasteiger partial charge in [0.1, 0.15) is 5.75 Å². The smallest absolute Gasteiger partial charge is 0.321 e. The van der Waals surface area contributed by atoms with Crippen molar-refractivity contribution in [2.24, 2.45) is 0 Å². The van der Waals surface area contributed by atoms with E-state index in [9.17, 15) is 9.59 Å². The Bertz CT molecular complexity index is 777. The molecule has 0 radical (unpaired) electrons. The number of aromatic nitrogens is 2. The minimum Gasteiger partial charge on any atom is -0.484 e. The van der Waals surface area contributed by atoms with Crippen LogP contribution in [0.3, 0.4) is 0 Å². The molecule has 8 nitrogen and oxygen atoms in total. The van der Waals surface area contributed by atoms with Crippen LogP contribution in [0.4, 0.5) is 4.79 Å². The molecule has 1 heterocycles. The van der Waals surface area contributed by atoms with Crippen LogP contribution in [0.15, 0.2) is 33.9 Å². The topological polar surface area (TPSA) is 106 Å². The molecule has 3 amide bonds. The molecule has 2 aromatic rings. The van der Waals surface area contributed by atoms with Gasteiger partial charge in [-0.25, -0.2) is 4.79 Å². The largest absolute Gasteiger partial charge is 0.484 e. The van der Waals surface area contributed by atoms with Crippen molar-refractivity contribution in [1.29, 1.82) is 0 Å². The van der Waals surface area contributed by atoms with E-state index in [1.54, 1.807) is 24.3 Å². The molecule has 3 rings (SSSR count). The fraction of sp³-hybridized carbons (Fsp3) is 0.412. The summed E-state index contributed by atoms with van der Waals surface area (Å²) in [6.07, 6.45) is 4.13. The van der Waals surface area contributed by atoms with E-state index in [4.69, 9.17) is 20.8 Å². The highest BCUT2D eigenvalue weighted by atomic mass is 35.5. The van der Waals surface area contributed by atoms with Gasteiger partial charge in [-0.15, -0.1) is 10.2 Å². The van der Waals surface area contributed by atoms with E-state index in [0.29, 0.717) is 10.8 Å². The summed E-state index contributed by atoms with van der Waals surface area (Å²) in [6.45, 7) is 0.102. The Hall–Kier alpha value is -2.26. The first kappa shape index (κ1) is 19.5. The second-order valence-corrected chi connectivity index (χ2v) is 7.36. The Morgan fingerprint density at radius 2 is 1.96 bits per heavy atom. The quantitative estimate of drug-likeness (QED) is 0.675. The van der Waals surface area contributed by atoms with Crippen LogP contribution in [0.25, 0.3) is 0 Å². The van der Waals surface area contributed by atoms with Gasteiger partial charge >= 0.3 is 6.03 Å². The molecule has 1 aromatic carbocycles. The first-order valence-electron chi connectivity index (χ1n) is 8.52. The number of hydrogen-bond donors (Lipinski definition) is 2. The van der Waals surface area contributed by atoms with Gasteiger partial charge in [-0.2, -0.15) is 0 Å². The summed E-state index contributed by atoms with van der Waals surface area (Å²) >= 11 is 6.86. The first-order chi connectivity index (χ1) is 13.1. The number of nitrogens with one attached hydrogen (secondary N) is 2. The zero-order valence-electron chi connectivity index (χ0n) is 14.4. The molecule has 10 heteroatoms. The minimum absolute atomic E-state index is 0.00222. The molecule has 0 spiro atoms. The zero-order chi connectivity index (χ0) is 19.1. The summed E-state index contributed by atoms with van der Waals surface area (Å²) in [5, 5.41) is 13.6. The third-order valence-electron chi connectivity index (χ3n) is 3.89. The highest BCUT2D eigenvalue weighted by Gasteiger charge is 2.18. The molecule has 27 heavy (non-hydrogen) atoms. The maximum Gasteiger partial charge on any atom is 0.321 e. The maximum atomic E-state index is 11.8. The van der Waals surface area contributed by atoms with E-state index in [1.165, 1.54) is 0 Å². The molecule has 144 valence electrons. The molecule has 0 bridgehead atoms. The van der Waals surface area contributed by atoms with E-state index >= 15 is 0 Å². The van der Waals surface area contributed by atoms with E-state index < -0.39 is 11.9 Å². The van der Waals surface area contributed by atoms with E-state index in [-0.39, 0.29) is 29.5 Å². The summed E-state index contributed by atoms with van der Waals surface area (Å²) in [6, 6.07) is 6.59. The predicted molar refractivity (Wildman–Crippen MR) is 99.7 cm³/mol. The number of benzene rings is 1. The third kappa shape index (κ3) is 6.44. The van der Waals surface area contributed by atoms with Crippen LogP contribution in [0.1, 0.15) is 31.6 Å². The van der Waals surface area contributed by atoms with Crippen molar-refractivity contribution in [3.8, 4) is 5.75 Å². The van der Waals surface area contributed by atoms with Crippen molar-refractivity contribution in [3.05, 3.63) is 35.2 Å². The van der Waals surface area contributed by atoms with Crippen LogP contribution in [0.2, 0.25) is 5.02 Å². The summed E-state index contributed by atoms with van der Waals surface area (Å²) in [4.78, 5) is 23.6. The average Bonchev–Trinajstić information content (AvgIpc) is 3.31. The molecule has 0 atom stereocenters. The number of imide groups is 1. The van der Waals surface area contributed by atoms with Crippen LogP contribution >= 0.6 is 23.4 Å².